The predicted octanol–water partition coefficient (Wildman–Crippen LogP) is 3.64. The average molecular weight is 377 g/mol. The minimum atomic E-state index is -3.66. The number of carbonyl (C=O) groups is 2. The van der Waals surface area contributed by atoms with Crippen molar-refractivity contribution < 1.29 is 32.4 Å². The van der Waals surface area contributed by atoms with E-state index in [1.807, 2.05) is 0 Å². The third-order valence-electron chi connectivity index (χ3n) is 3.05. The fourth-order valence-electron chi connectivity index (χ4n) is 1.73. The van der Waals surface area contributed by atoms with Gasteiger partial charge in [0.05, 0.1) is 5.75 Å². The van der Waals surface area contributed by atoms with E-state index in [1.165, 1.54) is 45.4 Å². The van der Waals surface area contributed by atoms with Crippen LogP contribution in [0, 0.1) is 0 Å². The maximum atomic E-state index is 10.9. The molecule has 0 saturated carbocycles. The van der Waals surface area contributed by atoms with Gasteiger partial charge in [-0.2, -0.15) is 8.42 Å². The third kappa shape index (κ3) is 29.8. The summed E-state index contributed by atoms with van der Waals surface area (Å²) in [5.74, 6) is -0.840. The van der Waals surface area contributed by atoms with Crippen LogP contribution in [0.25, 0.3) is 0 Å². The van der Waals surface area contributed by atoms with Crippen LogP contribution in [0.5, 0.6) is 0 Å². The van der Waals surface area contributed by atoms with Gasteiger partial charge in [-0.15, -0.1) is 0 Å². The maximum Gasteiger partial charge on any atom is 0.513 e. The van der Waals surface area contributed by atoms with E-state index in [1.54, 1.807) is 0 Å². The molecule has 0 amide bonds. The molecule has 0 aliphatic heterocycles. The fraction of sp³-hybridized carbons (Fsp3) is 0.867. The van der Waals surface area contributed by atoms with Crippen LogP contribution < -0.4 is 0 Å². The first-order chi connectivity index (χ1) is 10.7. The summed E-state index contributed by atoms with van der Waals surface area (Å²) in [6, 6.07) is 0. The Labute approximate surface area is 167 Å². The smallest absolute Gasteiger partial charge is 0.449 e. The summed E-state index contributed by atoms with van der Waals surface area (Å²) in [4.78, 5) is 20.9. The molecular weight excluding hydrogens is 347 g/mol. The van der Waals surface area contributed by atoms with Gasteiger partial charge in [-0.3, -0.25) is 9.35 Å². The Balaban J connectivity index is -0.000000538. The molecule has 0 aromatic rings. The second kappa shape index (κ2) is 19.2. The Morgan fingerprint density at radius 2 is 1.25 bits per heavy atom. The van der Waals surface area contributed by atoms with Gasteiger partial charge in [0.25, 0.3) is 10.1 Å². The summed E-state index contributed by atoms with van der Waals surface area (Å²) in [5.41, 5.74) is 0. The Morgan fingerprint density at radius 3 is 1.58 bits per heavy atom. The molecule has 139 valence electrons. The van der Waals surface area contributed by atoms with E-state index >= 15 is 0 Å². The maximum absolute atomic E-state index is 10.9. The Kier molecular flexibility index (Phi) is 22.9. The van der Waals surface area contributed by atoms with Crippen LogP contribution in [-0.2, 0) is 19.6 Å². The van der Waals surface area contributed by atoms with E-state index < -0.39 is 22.2 Å². The van der Waals surface area contributed by atoms with Gasteiger partial charge in [0.2, 0.25) is 0 Å². The van der Waals surface area contributed by atoms with E-state index in [2.05, 4.69) is 11.7 Å². The van der Waals surface area contributed by atoms with Gasteiger partial charge in [-0.1, -0.05) is 58.3 Å². The van der Waals surface area contributed by atoms with Gasteiger partial charge < -0.3 is 9.84 Å². The molecule has 0 heterocycles. The summed E-state index contributed by atoms with van der Waals surface area (Å²) in [5, 5.41) is 8.18. The van der Waals surface area contributed by atoms with Crippen molar-refractivity contribution in [1.82, 2.24) is 0 Å². The number of rotatable bonds is 11. The zero-order valence-electron chi connectivity index (χ0n) is 15.1. The third-order valence-corrected chi connectivity index (χ3v) is 3.78. The molecular formula is C15H30NaO7S. The molecule has 0 spiro atoms. The van der Waals surface area contributed by atoms with Gasteiger partial charge >= 0.3 is 12.1 Å². The van der Waals surface area contributed by atoms with Gasteiger partial charge in [-0.25, -0.2) is 4.79 Å². The van der Waals surface area contributed by atoms with Crippen molar-refractivity contribution in [3.63, 3.8) is 0 Å². The first kappa shape index (κ1) is 28.6. The van der Waals surface area contributed by atoms with Crippen LogP contribution in [-0.4, -0.2) is 65.5 Å². The van der Waals surface area contributed by atoms with Crippen LogP contribution >= 0.6 is 0 Å². The number of ether oxygens (including phenoxy) is 1. The number of esters is 1. The van der Waals surface area contributed by atoms with Crippen LogP contribution in [0.4, 0.5) is 4.79 Å². The number of carboxylic acid groups (broad SMARTS) is 1. The zero-order valence-corrected chi connectivity index (χ0v) is 17.9. The molecule has 2 N–H and O–H groups in total. The monoisotopic (exact) mass is 377 g/mol. The summed E-state index contributed by atoms with van der Waals surface area (Å²) in [6.45, 7) is 3.57. The number of hydrogen-bond acceptors (Lipinski definition) is 5. The fourth-order valence-corrected chi connectivity index (χ4v) is 1.73. The van der Waals surface area contributed by atoms with Crippen LogP contribution in [0.2, 0.25) is 0 Å². The summed E-state index contributed by atoms with van der Waals surface area (Å²) in [6.07, 6.45) is 9.20. The van der Waals surface area contributed by atoms with E-state index in [4.69, 9.17) is 9.66 Å². The molecule has 0 unspecified atom stereocenters. The second-order valence-corrected chi connectivity index (χ2v) is 6.93. The van der Waals surface area contributed by atoms with Crippen molar-refractivity contribution in [2.24, 2.45) is 0 Å². The van der Waals surface area contributed by atoms with Crippen LogP contribution in [0.15, 0.2) is 0 Å². The molecule has 7 nitrogen and oxygen atoms in total. The topological polar surface area (TPSA) is 118 Å². The minimum absolute atomic E-state index is 0. The summed E-state index contributed by atoms with van der Waals surface area (Å²) < 4.78 is 30.9. The zero-order chi connectivity index (χ0) is 18.1. The molecule has 0 aromatic carbocycles. The molecule has 0 rings (SSSR count). The number of carbonyl (C=O) groups excluding carboxylic acids is 1. The molecule has 0 aliphatic carbocycles. The van der Waals surface area contributed by atoms with Gasteiger partial charge in [0, 0.05) is 36.0 Å². The van der Waals surface area contributed by atoms with Gasteiger partial charge in [0.1, 0.15) is 0 Å². The van der Waals surface area contributed by atoms with E-state index in [0.717, 1.165) is 19.3 Å². The standard InChI is InChI=1S/C13H24O4.C2H6O3S.Na/c1-2-3-4-5-6-7-8-9-10-11-12(14)17-13(15)16;1-2-6(3,4)5;/h2-11H2,1H3,(H,15,16);2H2,1H3,(H,3,4,5);. The first-order valence-electron chi connectivity index (χ1n) is 8.11. The minimum Gasteiger partial charge on any atom is -0.449 e. The molecule has 24 heavy (non-hydrogen) atoms. The second-order valence-electron chi connectivity index (χ2n) is 5.19. The van der Waals surface area contributed by atoms with E-state index in [-0.39, 0.29) is 41.7 Å². The van der Waals surface area contributed by atoms with Crippen molar-refractivity contribution in [2.45, 2.75) is 78.1 Å². The molecule has 0 bridgehead atoms. The van der Waals surface area contributed by atoms with Gasteiger partial charge in [-0.05, 0) is 13.3 Å². The van der Waals surface area contributed by atoms with Crippen molar-refractivity contribution in [1.29, 1.82) is 0 Å². The SMILES string of the molecule is CCCCCCCCCCCC(=O)OC(=O)O.CCS(=O)(=O)O.[Na]. The van der Waals surface area contributed by atoms with Crippen molar-refractivity contribution in [3.8, 4) is 0 Å². The Hall–Kier alpha value is -0.150. The number of hydrogen-bond donors (Lipinski definition) is 2. The normalized spacial score (nSPS) is 10.1. The van der Waals surface area contributed by atoms with E-state index in [9.17, 15) is 18.0 Å². The Morgan fingerprint density at radius 1 is 0.875 bits per heavy atom. The molecule has 1 radical (unpaired) electrons. The summed E-state index contributed by atoms with van der Waals surface area (Å²) >= 11 is 0. The van der Waals surface area contributed by atoms with Crippen molar-refractivity contribution >= 4 is 51.8 Å². The quantitative estimate of drug-likeness (QED) is 0.185. The first-order valence-corrected chi connectivity index (χ1v) is 9.72. The molecule has 0 saturated heterocycles. The molecule has 0 aliphatic rings. The van der Waals surface area contributed by atoms with Crippen LogP contribution in [0.1, 0.15) is 78.1 Å². The molecule has 0 aromatic heterocycles. The van der Waals surface area contributed by atoms with E-state index in [0.29, 0.717) is 0 Å². The summed E-state index contributed by atoms with van der Waals surface area (Å²) in [7, 11) is -3.66. The largest absolute Gasteiger partial charge is 0.513 e. The Bertz CT molecular complexity index is 410. The van der Waals surface area contributed by atoms with Crippen molar-refractivity contribution in [2.75, 3.05) is 5.75 Å². The predicted molar refractivity (Wildman–Crippen MR) is 93.8 cm³/mol. The van der Waals surface area contributed by atoms with Gasteiger partial charge in [0.15, 0.2) is 0 Å². The molecule has 9 heteroatoms. The molecule has 0 atom stereocenters. The van der Waals surface area contributed by atoms with Crippen LogP contribution in [0.3, 0.4) is 0 Å². The number of unbranched alkanes of at least 4 members (excludes halogenated alkanes) is 8. The average Bonchev–Trinajstić information content (AvgIpc) is 2.44. The van der Waals surface area contributed by atoms with Crippen molar-refractivity contribution in [3.05, 3.63) is 0 Å². The molecule has 0 fully saturated rings.